The van der Waals surface area contributed by atoms with Crippen LogP contribution in [0.3, 0.4) is 0 Å². The maximum atomic E-state index is 15.9. The summed E-state index contributed by atoms with van der Waals surface area (Å²) in [4.78, 5) is 3.95. The van der Waals surface area contributed by atoms with Crippen LogP contribution >= 0.6 is 0 Å². The topological polar surface area (TPSA) is 103 Å². The molecular weight excluding hydrogens is 396 g/mol. The standard InChI is InChI=1S/C17H14F4N6O2/c18-10-1-2-11(12(19)3-10)16(28,7-27-8-23-25-26-27)17(20,21)15-4-14(5-15,6-15)13-22-9-29-24-13/h1-3,8-9,28H,4-7H2. The highest BCUT2D eigenvalue weighted by molar-refractivity contribution is 5.38. The first-order valence-corrected chi connectivity index (χ1v) is 8.75. The van der Waals surface area contributed by atoms with Crippen LogP contribution in [0, 0.1) is 17.0 Å². The molecule has 1 atom stereocenters. The molecule has 3 saturated carbocycles. The molecule has 3 fully saturated rings. The number of aliphatic hydroxyl groups is 1. The molecule has 12 heteroatoms. The normalized spacial score (nSPS) is 27.8. The van der Waals surface area contributed by atoms with Crippen molar-refractivity contribution in [3.63, 3.8) is 0 Å². The molecule has 1 aromatic carbocycles. The first kappa shape index (κ1) is 18.2. The van der Waals surface area contributed by atoms with Crippen LogP contribution in [0.5, 0.6) is 0 Å². The molecule has 0 saturated heterocycles. The van der Waals surface area contributed by atoms with Crippen molar-refractivity contribution in [3.05, 3.63) is 53.9 Å². The lowest BCUT2D eigenvalue weighted by Gasteiger charge is -2.72. The van der Waals surface area contributed by atoms with Crippen LogP contribution in [-0.4, -0.2) is 41.4 Å². The first-order chi connectivity index (χ1) is 13.7. The summed E-state index contributed by atoms with van der Waals surface area (Å²) in [6, 6.07) is 2.10. The predicted octanol–water partition coefficient (Wildman–Crippen LogP) is 1.98. The molecule has 3 aliphatic carbocycles. The Morgan fingerprint density at radius 1 is 1.21 bits per heavy atom. The molecule has 2 bridgehead atoms. The highest BCUT2D eigenvalue weighted by atomic mass is 19.3. The molecule has 152 valence electrons. The molecular formula is C17H14F4N6O2. The smallest absolute Gasteiger partial charge is 0.287 e. The van der Waals surface area contributed by atoms with Gasteiger partial charge in [-0.2, -0.15) is 4.98 Å². The van der Waals surface area contributed by atoms with E-state index in [0.717, 1.165) is 29.5 Å². The third-order valence-electron chi connectivity index (χ3n) is 6.21. The molecule has 0 radical (unpaired) electrons. The lowest BCUT2D eigenvalue weighted by atomic mass is 9.32. The summed E-state index contributed by atoms with van der Waals surface area (Å²) in [5.41, 5.74) is -5.95. The molecule has 2 aromatic heterocycles. The summed E-state index contributed by atoms with van der Waals surface area (Å²) < 4.78 is 65.2. The fraction of sp³-hybridized carbons (Fsp3) is 0.471. The van der Waals surface area contributed by atoms with E-state index in [1.54, 1.807) is 0 Å². The largest absolute Gasteiger partial charge is 0.377 e. The van der Waals surface area contributed by atoms with Gasteiger partial charge < -0.3 is 9.63 Å². The second-order valence-electron chi connectivity index (χ2n) is 7.91. The molecule has 0 spiro atoms. The van der Waals surface area contributed by atoms with Crippen LogP contribution in [0.2, 0.25) is 0 Å². The van der Waals surface area contributed by atoms with E-state index < -0.39 is 46.1 Å². The second-order valence-corrected chi connectivity index (χ2v) is 7.91. The van der Waals surface area contributed by atoms with Gasteiger partial charge in [0.1, 0.15) is 18.0 Å². The van der Waals surface area contributed by atoms with Crippen molar-refractivity contribution in [3.8, 4) is 0 Å². The number of aromatic nitrogens is 6. The fourth-order valence-corrected chi connectivity index (χ4v) is 4.87. The van der Waals surface area contributed by atoms with Crippen LogP contribution < -0.4 is 0 Å². The summed E-state index contributed by atoms with van der Waals surface area (Å²) in [5, 5.41) is 25.2. The van der Waals surface area contributed by atoms with E-state index in [1.807, 2.05) is 0 Å². The van der Waals surface area contributed by atoms with Crippen molar-refractivity contribution < 1.29 is 27.2 Å². The summed E-state index contributed by atoms with van der Waals surface area (Å²) in [7, 11) is 0. The number of hydrogen-bond acceptors (Lipinski definition) is 7. The monoisotopic (exact) mass is 410 g/mol. The van der Waals surface area contributed by atoms with Gasteiger partial charge in [-0.05, 0) is 41.8 Å². The number of hydrogen-bond donors (Lipinski definition) is 1. The molecule has 0 aliphatic heterocycles. The Hall–Kier alpha value is -2.89. The third-order valence-corrected chi connectivity index (χ3v) is 6.21. The van der Waals surface area contributed by atoms with E-state index in [9.17, 15) is 13.9 Å². The highest BCUT2D eigenvalue weighted by Crippen LogP contribution is 2.79. The Balaban J connectivity index is 1.54. The summed E-state index contributed by atoms with van der Waals surface area (Å²) >= 11 is 0. The van der Waals surface area contributed by atoms with E-state index in [0.29, 0.717) is 11.9 Å². The molecule has 0 amide bonds. The van der Waals surface area contributed by atoms with E-state index in [4.69, 9.17) is 4.52 Å². The van der Waals surface area contributed by atoms with Crippen LogP contribution in [0.4, 0.5) is 17.6 Å². The number of tetrazole rings is 1. The average molecular weight is 410 g/mol. The van der Waals surface area contributed by atoms with E-state index in [1.165, 1.54) is 0 Å². The van der Waals surface area contributed by atoms with Gasteiger partial charge in [0.2, 0.25) is 6.39 Å². The molecule has 6 rings (SSSR count). The van der Waals surface area contributed by atoms with Gasteiger partial charge in [-0.25, -0.2) is 22.2 Å². The second kappa shape index (κ2) is 5.59. The van der Waals surface area contributed by atoms with E-state index >= 15 is 8.78 Å². The third kappa shape index (κ3) is 2.26. The zero-order valence-electron chi connectivity index (χ0n) is 14.8. The molecule has 29 heavy (non-hydrogen) atoms. The highest BCUT2D eigenvalue weighted by Gasteiger charge is 2.83. The molecule has 8 nitrogen and oxygen atoms in total. The van der Waals surface area contributed by atoms with Gasteiger partial charge in [-0.15, -0.1) is 5.10 Å². The molecule has 3 aliphatic rings. The Morgan fingerprint density at radius 2 is 1.97 bits per heavy atom. The van der Waals surface area contributed by atoms with Gasteiger partial charge in [-0.1, -0.05) is 5.16 Å². The number of nitrogens with zero attached hydrogens (tertiary/aromatic N) is 6. The molecule has 1 N–H and O–H groups in total. The van der Waals surface area contributed by atoms with Crippen molar-refractivity contribution in [2.45, 2.75) is 42.7 Å². The van der Waals surface area contributed by atoms with Crippen molar-refractivity contribution in [1.82, 2.24) is 30.3 Å². The lowest BCUT2D eigenvalue weighted by Crippen LogP contribution is -2.76. The van der Waals surface area contributed by atoms with Crippen LogP contribution in [0.15, 0.2) is 35.4 Å². The van der Waals surface area contributed by atoms with Gasteiger partial charge in [0.05, 0.1) is 6.54 Å². The van der Waals surface area contributed by atoms with E-state index in [-0.39, 0.29) is 19.3 Å². The molecule has 3 aromatic rings. The van der Waals surface area contributed by atoms with Crippen molar-refractivity contribution in [1.29, 1.82) is 0 Å². The molecule has 1 unspecified atom stereocenters. The Bertz CT molecular complexity index is 1040. The van der Waals surface area contributed by atoms with Crippen LogP contribution in [-0.2, 0) is 17.6 Å². The number of alkyl halides is 2. The minimum atomic E-state index is -3.78. The van der Waals surface area contributed by atoms with Gasteiger partial charge in [0.25, 0.3) is 5.92 Å². The zero-order valence-corrected chi connectivity index (χ0v) is 14.8. The van der Waals surface area contributed by atoms with Crippen LogP contribution in [0.1, 0.15) is 30.7 Å². The minimum Gasteiger partial charge on any atom is -0.377 e. The predicted molar refractivity (Wildman–Crippen MR) is 85.3 cm³/mol. The maximum absolute atomic E-state index is 15.9. The quantitative estimate of drug-likeness (QED) is 0.620. The first-order valence-electron chi connectivity index (χ1n) is 8.75. The Morgan fingerprint density at radius 3 is 2.55 bits per heavy atom. The van der Waals surface area contributed by atoms with Gasteiger partial charge in [0, 0.05) is 22.5 Å². The van der Waals surface area contributed by atoms with Gasteiger partial charge in [0.15, 0.2) is 11.4 Å². The summed E-state index contributed by atoms with van der Waals surface area (Å²) in [6.45, 7) is -0.813. The molecule has 2 heterocycles. The Labute approximate surface area is 160 Å². The summed E-state index contributed by atoms with van der Waals surface area (Å²) in [5.74, 6) is -5.66. The van der Waals surface area contributed by atoms with E-state index in [2.05, 4.69) is 25.7 Å². The van der Waals surface area contributed by atoms with Gasteiger partial charge in [-0.3, -0.25) is 0 Å². The zero-order chi connectivity index (χ0) is 20.5. The van der Waals surface area contributed by atoms with Crippen molar-refractivity contribution >= 4 is 0 Å². The van der Waals surface area contributed by atoms with Gasteiger partial charge >= 0.3 is 0 Å². The number of halogens is 4. The number of rotatable bonds is 6. The Kier molecular flexibility index (Phi) is 3.50. The number of benzene rings is 1. The van der Waals surface area contributed by atoms with Crippen LogP contribution in [0.25, 0.3) is 0 Å². The fourth-order valence-electron chi connectivity index (χ4n) is 4.87. The lowest BCUT2D eigenvalue weighted by molar-refractivity contribution is -0.349. The van der Waals surface area contributed by atoms with Crippen molar-refractivity contribution in [2.24, 2.45) is 5.41 Å². The SMILES string of the molecule is OC(Cn1cnnn1)(c1ccc(F)cc1F)C(F)(F)C12CC(c3ncon3)(C1)C2. The average Bonchev–Trinajstić information content (AvgIpc) is 3.25. The maximum Gasteiger partial charge on any atom is 0.287 e. The summed E-state index contributed by atoms with van der Waals surface area (Å²) in [6.07, 6.45) is 2.18. The minimum absolute atomic E-state index is 0.00721. The van der Waals surface area contributed by atoms with Crippen molar-refractivity contribution in [2.75, 3.05) is 0 Å².